The van der Waals surface area contributed by atoms with Gasteiger partial charge in [0.25, 0.3) is 0 Å². The smallest absolute Gasteiger partial charge is 0.462 e. The van der Waals surface area contributed by atoms with Crippen molar-refractivity contribution in [2.24, 2.45) is 17.8 Å². The molecule has 5 atom stereocenters. The van der Waals surface area contributed by atoms with Gasteiger partial charge in [-0.2, -0.15) is 0 Å². The van der Waals surface area contributed by atoms with E-state index in [1.165, 1.54) is 238 Å². The van der Waals surface area contributed by atoms with E-state index in [4.69, 9.17) is 37.0 Å². The maximum absolute atomic E-state index is 13.1. The molecule has 17 nitrogen and oxygen atoms in total. The van der Waals surface area contributed by atoms with Gasteiger partial charge in [-0.25, -0.2) is 9.13 Å². The Morgan fingerprint density at radius 2 is 0.451 bits per heavy atom. The lowest BCUT2D eigenvalue weighted by atomic mass is 10.0. The molecule has 3 N–H and O–H groups in total. The predicted molar refractivity (Wildman–Crippen MR) is 418 cm³/mol. The van der Waals surface area contributed by atoms with Crippen molar-refractivity contribution in [3.8, 4) is 0 Å². The fourth-order valence-electron chi connectivity index (χ4n) is 12.8. The van der Waals surface area contributed by atoms with Crippen LogP contribution in [0.25, 0.3) is 0 Å². The molecule has 0 aromatic heterocycles. The molecule has 0 bridgehead atoms. The van der Waals surface area contributed by atoms with Gasteiger partial charge in [-0.3, -0.25) is 37.3 Å². The van der Waals surface area contributed by atoms with Crippen LogP contribution in [-0.4, -0.2) is 96.7 Å². The highest BCUT2D eigenvalue weighted by Gasteiger charge is 2.30. The fourth-order valence-corrected chi connectivity index (χ4v) is 14.4. The first kappa shape index (κ1) is 100. The molecule has 0 radical (unpaired) electrons. The van der Waals surface area contributed by atoms with Crippen molar-refractivity contribution in [1.29, 1.82) is 0 Å². The van der Waals surface area contributed by atoms with E-state index in [0.29, 0.717) is 31.6 Å². The molecule has 0 aliphatic rings. The van der Waals surface area contributed by atoms with Crippen molar-refractivity contribution in [1.82, 2.24) is 0 Å². The number of unbranched alkanes of at least 4 members (excludes halogenated alkanes) is 49. The van der Waals surface area contributed by atoms with Gasteiger partial charge in [-0.15, -0.1) is 0 Å². The van der Waals surface area contributed by atoms with Crippen LogP contribution in [0, 0.1) is 17.8 Å². The lowest BCUT2D eigenvalue weighted by Gasteiger charge is -2.21. The van der Waals surface area contributed by atoms with Gasteiger partial charge < -0.3 is 33.8 Å². The van der Waals surface area contributed by atoms with Crippen molar-refractivity contribution in [3.05, 3.63) is 0 Å². The van der Waals surface area contributed by atoms with E-state index in [9.17, 15) is 43.2 Å². The third-order valence-corrected chi connectivity index (χ3v) is 21.3. The molecule has 0 aromatic carbocycles. The topological polar surface area (TPSA) is 237 Å². The molecule has 102 heavy (non-hydrogen) atoms. The molecule has 0 spiro atoms. The zero-order chi connectivity index (χ0) is 75.1. The maximum Gasteiger partial charge on any atom is 0.472 e. The first-order chi connectivity index (χ1) is 49.2. The maximum atomic E-state index is 13.1. The van der Waals surface area contributed by atoms with Crippen LogP contribution >= 0.6 is 15.6 Å². The number of phosphoric acid groups is 2. The summed E-state index contributed by atoms with van der Waals surface area (Å²) in [5.74, 6) is 0.185. The van der Waals surface area contributed by atoms with Gasteiger partial charge in [0, 0.05) is 25.7 Å². The summed E-state index contributed by atoms with van der Waals surface area (Å²) in [6.45, 7) is 11.9. The van der Waals surface area contributed by atoms with Crippen molar-refractivity contribution < 1.29 is 80.2 Å². The van der Waals surface area contributed by atoms with Gasteiger partial charge in [0.2, 0.25) is 0 Å². The number of ether oxygens (including phenoxy) is 4. The molecule has 0 rings (SSSR count). The number of phosphoric ester groups is 2. The minimum Gasteiger partial charge on any atom is -0.462 e. The molecule has 0 aromatic rings. The zero-order valence-electron chi connectivity index (χ0n) is 67.1. The second kappa shape index (κ2) is 73.2. The van der Waals surface area contributed by atoms with Crippen LogP contribution in [-0.2, 0) is 65.4 Å². The SMILES string of the molecule is CCCCCCCCCCCCCCCCCCCCC(=O)OC[C@H](COP(=O)(O)OC[C@@H](O)COP(=O)(O)OC[C@@H](COC(=O)CCCCCCCCCC(C)C)OC(=O)CCCCCCCCCCCCCCCC(C)C)OC(=O)CCCCCCCCCCCCCCCCCC(C)C. The minimum absolute atomic E-state index is 0.106. The summed E-state index contributed by atoms with van der Waals surface area (Å²) in [5.41, 5.74) is 0. The number of esters is 4. The van der Waals surface area contributed by atoms with E-state index in [1.54, 1.807) is 0 Å². The molecule has 0 amide bonds. The van der Waals surface area contributed by atoms with E-state index in [-0.39, 0.29) is 25.7 Å². The second-order valence-electron chi connectivity index (χ2n) is 31.3. The van der Waals surface area contributed by atoms with Crippen molar-refractivity contribution in [2.75, 3.05) is 39.6 Å². The van der Waals surface area contributed by atoms with Crippen LogP contribution in [0.1, 0.15) is 434 Å². The van der Waals surface area contributed by atoms with Gasteiger partial charge in [-0.1, -0.05) is 382 Å². The Morgan fingerprint density at radius 1 is 0.265 bits per heavy atom. The predicted octanol–water partition coefficient (Wildman–Crippen LogP) is 24.9. The van der Waals surface area contributed by atoms with Gasteiger partial charge in [0.05, 0.1) is 26.4 Å². The Kier molecular flexibility index (Phi) is 71.8. The first-order valence-electron chi connectivity index (χ1n) is 42.8. The van der Waals surface area contributed by atoms with Crippen LogP contribution in [0.3, 0.4) is 0 Å². The normalized spacial score (nSPS) is 13.9. The number of carbonyl (C=O) groups is 4. The van der Waals surface area contributed by atoms with E-state index >= 15 is 0 Å². The summed E-state index contributed by atoms with van der Waals surface area (Å²) in [7, 11) is -9.92. The molecule has 19 heteroatoms. The molecule has 0 heterocycles. The highest BCUT2D eigenvalue weighted by Crippen LogP contribution is 2.45. The number of aliphatic hydroxyl groups is 1. The van der Waals surface area contributed by atoms with Gasteiger partial charge in [0.15, 0.2) is 12.2 Å². The number of carbonyl (C=O) groups excluding carboxylic acids is 4. The number of hydrogen-bond donors (Lipinski definition) is 3. The lowest BCUT2D eigenvalue weighted by Crippen LogP contribution is -2.30. The summed E-state index contributed by atoms with van der Waals surface area (Å²) in [6.07, 6.45) is 62.5. The van der Waals surface area contributed by atoms with Crippen LogP contribution in [0.15, 0.2) is 0 Å². The Hall–Kier alpha value is -1.94. The molecule has 0 saturated carbocycles. The highest BCUT2D eigenvalue weighted by molar-refractivity contribution is 7.47. The van der Waals surface area contributed by atoms with E-state index < -0.39 is 97.5 Å². The molecular formula is C83H162O17P2. The average molecular weight is 1490 g/mol. The van der Waals surface area contributed by atoms with Gasteiger partial charge in [-0.05, 0) is 43.4 Å². The Labute approximate surface area is 626 Å². The zero-order valence-corrected chi connectivity index (χ0v) is 68.9. The lowest BCUT2D eigenvalue weighted by molar-refractivity contribution is -0.161. The highest BCUT2D eigenvalue weighted by atomic mass is 31.2. The third kappa shape index (κ3) is 76.3. The van der Waals surface area contributed by atoms with Gasteiger partial charge in [0.1, 0.15) is 19.3 Å². The first-order valence-corrected chi connectivity index (χ1v) is 45.8. The van der Waals surface area contributed by atoms with Crippen LogP contribution in [0.5, 0.6) is 0 Å². The van der Waals surface area contributed by atoms with Crippen LogP contribution < -0.4 is 0 Å². The number of hydrogen-bond acceptors (Lipinski definition) is 15. The molecule has 0 saturated heterocycles. The molecule has 0 fully saturated rings. The van der Waals surface area contributed by atoms with Crippen molar-refractivity contribution >= 4 is 39.5 Å². The van der Waals surface area contributed by atoms with Crippen molar-refractivity contribution in [2.45, 2.75) is 452 Å². The quantitative estimate of drug-likeness (QED) is 0.0222. The summed E-state index contributed by atoms with van der Waals surface area (Å²) in [6, 6.07) is 0. The summed E-state index contributed by atoms with van der Waals surface area (Å²) in [5, 5.41) is 10.7. The molecule has 0 aliphatic heterocycles. The number of aliphatic hydroxyl groups excluding tert-OH is 1. The van der Waals surface area contributed by atoms with Crippen molar-refractivity contribution in [3.63, 3.8) is 0 Å². The monoisotopic (exact) mass is 1490 g/mol. The van der Waals surface area contributed by atoms with E-state index in [1.807, 2.05) is 0 Å². The molecule has 2 unspecified atom stereocenters. The summed E-state index contributed by atoms with van der Waals surface area (Å²) < 4.78 is 68.8. The molecule has 606 valence electrons. The Balaban J connectivity index is 5.24. The average Bonchev–Trinajstić information content (AvgIpc) is 0.953. The van der Waals surface area contributed by atoms with E-state index in [0.717, 1.165) is 108 Å². The number of rotatable bonds is 81. The Bertz CT molecular complexity index is 1970. The summed E-state index contributed by atoms with van der Waals surface area (Å²) >= 11 is 0. The Morgan fingerprint density at radius 3 is 0.667 bits per heavy atom. The standard InChI is InChI=1S/C83H162O17P2/c1-8-9-10-11-12-13-14-15-16-17-18-21-26-31-36-43-50-57-64-80(85)93-70-78(99-82(87)66-59-52-44-37-32-27-22-19-20-24-29-34-40-47-54-61-74(2)3)72-97-101(89,90)95-68-77(84)69-96-102(91,92)98-73-79(71-94-81(86)65-58-51-46-39-42-49-56-63-76(6)7)100-83(88)67-60-53-45-38-33-28-23-25-30-35-41-48-55-62-75(4)5/h74-79,84H,8-73H2,1-7H3,(H,89,90)(H,91,92)/t77-,78-,79-/m1/s1. The van der Waals surface area contributed by atoms with Crippen LogP contribution in [0.2, 0.25) is 0 Å². The largest absolute Gasteiger partial charge is 0.472 e. The van der Waals surface area contributed by atoms with Gasteiger partial charge >= 0.3 is 39.5 Å². The third-order valence-electron chi connectivity index (χ3n) is 19.4. The second-order valence-corrected chi connectivity index (χ2v) is 34.2. The van der Waals surface area contributed by atoms with E-state index in [2.05, 4.69) is 48.5 Å². The molecular weight excluding hydrogens is 1330 g/mol. The fraction of sp³-hybridized carbons (Fsp3) is 0.952. The molecule has 0 aliphatic carbocycles. The summed E-state index contributed by atoms with van der Waals surface area (Å²) in [4.78, 5) is 73.1. The minimum atomic E-state index is -4.96. The van der Waals surface area contributed by atoms with Crippen LogP contribution in [0.4, 0.5) is 0 Å².